The molecule has 0 spiro atoms. The Hall–Kier alpha value is -1.27. The highest BCUT2D eigenvalue weighted by molar-refractivity contribution is 5.76. The molecule has 0 aromatic carbocycles. The molecular weight excluding hydrogens is 1100 g/mol. The summed E-state index contributed by atoms with van der Waals surface area (Å²) >= 11 is 0. The number of nitrogens with one attached hydrogen (secondary N) is 1. The summed E-state index contributed by atoms with van der Waals surface area (Å²) in [6, 6.07) is -0.829. The molecule has 0 aromatic rings. The number of unbranched alkanes of at least 4 members (excludes halogenated alkanes) is 48. The Morgan fingerprint density at radius 3 is 1.09 bits per heavy atom. The molecule has 2 heterocycles. The van der Waals surface area contributed by atoms with Crippen LogP contribution in [0.25, 0.3) is 0 Å². The van der Waals surface area contributed by atoms with E-state index < -0.39 is 86.8 Å². The molecule has 9 N–H and O–H groups in total. The van der Waals surface area contributed by atoms with Gasteiger partial charge in [0.15, 0.2) is 12.6 Å². The van der Waals surface area contributed by atoms with Crippen molar-refractivity contribution < 1.29 is 64.6 Å². The minimum absolute atomic E-state index is 0.202. The zero-order valence-electron chi connectivity index (χ0n) is 56.3. The number of hydrogen-bond donors (Lipinski definition) is 9. The van der Waals surface area contributed by atoms with Crippen LogP contribution < -0.4 is 5.32 Å². The van der Waals surface area contributed by atoms with E-state index in [9.17, 15) is 45.6 Å². The zero-order valence-corrected chi connectivity index (χ0v) is 56.3. The van der Waals surface area contributed by atoms with Gasteiger partial charge < -0.3 is 65.1 Å². The molecule has 12 unspecified atom stereocenters. The second kappa shape index (κ2) is 58.5. The first-order valence-corrected chi connectivity index (χ1v) is 37.4. The van der Waals surface area contributed by atoms with Crippen LogP contribution in [-0.2, 0) is 23.7 Å². The molecule has 2 aliphatic heterocycles. The third-order valence-electron chi connectivity index (χ3n) is 18.7. The van der Waals surface area contributed by atoms with Gasteiger partial charge in [0.1, 0.15) is 48.8 Å². The molecule has 87 heavy (non-hydrogen) atoms. The highest BCUT2D eigenvalue weighted by Crippen LogP contribution is 2.30. The number of carbonyl (C=O) groups is 1. The number of ether oxygens (including phenoxy) is 4. The van der Waals surface area contributed by atoms with Gasteiger partial charge in [0.2, 0.25) is 5.91 Å². The van der Waals surface area contributed by atoms with Gasteiger partial charge in [0.05, 0.1) is 32.0 Å². The third kappa shape index (κ3) is 42.6. The first-order valence-electron chi connectivity index (χ1n) is 37.4. The lowest BCUT2D eigenvalue weighted by Crippen LogP contribution is -2.65. The van der Waals surface area contributed by atoms with Gasteiger partial charge in [-0.05, 0) is 38.5 Å². The fourth-order valence-electron chi connectivity index (χ4n) is 12.8. The van der Waals surface area contributed by atoms with E-state index in [-0.39, 0.29) is 12.5 Å². The summed E-state index contributed by atoms with van der Waals surface area (Å²) in [5.74, 6) is -0.202. The Bertz CT molecular complexity index is 1510. The monoisotopic (exact) mass is 1240 g/mol. The molecule has 12 atom stereocenters. The number of amides is 1. The second-order valence-electron chi connectivity index (χ2n) is 26.8. The first kappa shape index (κ1) is 81.8. The van der Waals surface area contributed by atoms with E-state index in [0.29, 0.717) is 12.8 Å². The Morgan fingerprint density at radius 2 is 0.724 bits per heavy atom. The number of aliphatic hydroxyl groups is 8. The van der Waals surface area contributed by atoms with Gasteiger partial charge in [0, 0.05) is 6.42 Å². The Labute approximate surface area is 533 Å². The van der Waals surface area contributed by atoms with Crippen LogP contribution >= 0.6 is 0 Å². The van der Waals surface area contributed by atoms with Gasteiger partial charge in [0.25, 0.3) is 0 Å². The molecule has 0 saturated carbocycles. The molecule has 2 rings (SSSR count). The normalized spacial score (nSPS) is 23.2. The molecule has 0 aromatic heterocycles. The number of carbonyl (C=O) groups excluding carboxylic acids is 1. The van der Waals surface area contributed by atoms with Crippen molar-refractivity contribution in [1.82, 2.24) is 5.32 Å². The van der Waals surface area contributed by atoms with E-state index in [4.69, 9.17) is 18.9 Å². The summed E-state index contributed by atoms with van der Waals surface area (Å²) in [6.45, 7) is 2.92. The molecule has 14 nitrogen and oxygen atoms in total. The Morgan fingerprint density at radius 1 is 0.402 bits per heavy atom. The highest BCUT2D eigenvalue weighted by atomic mass is 16.7. The van der Waals surface area contributed by atoms with Crippen LogP contribution in [0.3, 0.4) is 0 Å². The molecule has 0 bridgehead atoms. The van der Waals surface area contributed by atoms with Crippen molar-refractivity contribution in [3.05, 3.63) is 12.2 Å². The predicted molar refractivity (Wildman–Crippen MR) is 355 cm³/mol. The lowest BCUT2D eigenvalue weighted by atomic mass is 9.97. The van der Waals surface area contributed by atoms with Gasteiger partial charge in [-0.1, -0.05) is 321 Å². The van der Waals surface area contributed by atoms with Crippen molar-refractivity contribution in [2.45, 2.75) is 428 Å². The summed E-state index contributed by atoms with van der Waals surface area (Å²) in [6.07, 6.45) is 55.3. The van der Waals surface area contributed by atoms with Crippen LogP contribution in [0.15, 0.2) is 12.2 Å². The molecule has 516 valence electrons. The maximum atomic E-state index is 13.4. The third-order valence-corrected chi connectivity index (χ3v) is 18.7. The van der Waals surface area contributed by atoms with E-state index >= 15 is 0 Å². The predicted octanol–water partition coefficient (Wildman–Crippen LogP) is 15.7. The topological polar surface area (TPSA) is 228 Å². The summed E-state index contributed by atoms with van der Waals surface area (Å²) in [5, 5.41) is 87.7. The number of hydrogen-bond acceptors (Lipinski definition) is 13. The number of aliphatic hydroxyl groups excluding tert-OH is 8. The van der Waals surface area contributed by atoms with Gasteiger partial charge in [-0.15, -0.1) is 0 Å². The lowest BCUT2D eigenvalue weighted by Gasteiger charge is -2.46. The van der Waals surface area contributed by atoms with Gasteiger partial charge in [-0.3, -0.25) is 4.79 Å². The van der Waals surface area contributed by atoms with Gasteiger partial charge >= 0.3 is 0 Å². The van der Waals surface area contributed by atoms with Crippen molar-refractivity contribution in [2.75, 3.05) is 19.8 Å². The molecule has 14 heteroatoms. The number of rotatable bonds is 63. The maximum Gasteiger partial charge on any atom is 0.220 e. The standard InChI is InChI=1S/C73H141NO13/c1-3-5-7-9-11-13-15-17-19-21-23-25-26-27-28-29-30-31-32-33-34-35-37-38-40-42-44-46-48-50-52-54-56-62(77)61(60-84-72-70(83)68(81)71(64(59-76)86-72)87-73-69(82)67(80)66(79)63(58-75)85-73)74-65(78)57-55-53-51-49-47-45-43-41-39-36-24-22-20-18-16-14-12-10-8-6-4-2/h22,24,61-64,66-73,75-77,79-83H,3-21,23,25-60H2,1-2H3,(H,74,78)/b24-22-. The summed E-state index contributed by atoms with van der Waals surface area (Å²) < 4.78 is 22.9. The van der Waals surface area contributed by atoms with Crippen molar-refractivity contribution in [3.63, 3.8) is 0 Å². The van der Waals surface area contributed by atoms with E-state index in [2.05, 4.69) is 31.3 Å². The molecule has 2 aliphatic rings. The second-order valence-corrected chi connectivity index (χ2v) is 26.8. The van der Waals surface area contributed by atoms with Crippen LogP contribution in [0, 0.1) is 0 Å². The first-order chi connectivity index (χ1) is 42.6. The fourth-order valence-corrected chi connectivity index (χ4v) is 12.8. The van der Waals surface area contributed by atoms with Crippen molar-refractivity contribution in [2.24, 2.45) is 0 Å². The van der Waals surface area contributed by atoms with E-state index in [0.717, 1.165) is 51.4 Å². The smallest absolute Gasteiger partial charge is 0.220 e. The van der Waals surface area contributed by atoms with Crippen molar-refractivity contribution in [1.29, 1.82) is 0 Å². The fraction of sp³-hybridized carbons (Fsp3) is 0.959. The van der Waals surface area contributed by atoms with Crippen LogP contribution in [0.5, 0.6) is 0 Å². The summed E-state index contributed by atoms with van der Waals surface area (Å²) in [7, 11) is 0. The summed E-state index contributed by atoms with van der Waals surface area (Å²) in [4.78, 5) is 13.4. The molecular formula is C73H141NO13. The Kier molecular flexibility index (Phi) is 55.1. The van der Waals surface area contributed by atoms with E-state index in [1.54, 1.807) is 0 Å². The molecule has 0 radical (unpaired) electrons. The summed E-state index contributed by atoms with van der Waals surface area (Å²) in [5.41, 5.74) is 0. The van der Waals surface area contributed by atoms with Gasteiger partial charge in [-0.2, -0.15) is 0 Å². The maximum absolute atomic E-state index is 13.4. The minimum Gasteiger partial charge on any atom is -0.394 e. The van der Waals surface area contributed by atoms with Crippen LogP contribution in [-0.4, -0.2) is 140 Å². The lowest BCUT2D eigenvalue weighted by molar-refractivity contribution is -0.359. The molecule has 2 saturated heterocycles. The van der Waals surface area contributed by atoms with E-state index in [1.807, 2.05) is 0 Å². The average Bonchev–Trinajstić information content (AvgIpc) is 1.56. The number of allylic oxidation sites excluding steroid dienone is 2. The largest absolute Gasteiger partial charge is 0.394 e. The highest BCUT2D eigenvalue weighted by Gasteiger charge is 2.51. The minimum atomic E-state index is -1.78. The molecule has 0 aliphatic carbocycles. The zero-order chi connectivity index (χ0) is 63.1. The average molecular weight is 1240 g/mol. The molecule has 1 amide bonds. The van der Waals surface area contributed by atoms with Crippen LogP contribution in [0.2, 0.25) is 0 Å². The van der Waals surface area contributed by atoms with Gasteiger partial charge in [-0.25, -0.2) is 0 Å². The SMILES string of the molecule is CCCCCCCCCC/C=C\CCCCCCCCCCCC(=O)NC(COC1OC(CO)C(OC2OC(CO)C(O)C(O)C2O)C(O)C1O)C(O)CCCCCCCCCCCCCCCCCCCCCCCCCCCCCCCCCC. The van der Waals surface area contributed by atoms with Crippen molar-refractivity contribution >= 4 is 5.91 Å². The molecule has 2 fully saturated rings. The van der Waals surface area contributed by atoms with Crippen LogP contribution in [0.1, 0.15) is 354 Å². The van der Waals surface area contributed by atoms with E-state index in [1.165, 1.54) is 276 Å². The quantitative estimate of drug-likeness (QED) is 0.0204. The van der Waals surface area contributed by atoms with Crippen LogP contribution in [0.4, 0.5) is 0 Å². The van der Waals surface area contributed by atoms with Crippen molar-refractivity contribution in [3.8, 4) is 0 Å². The Balaban J connectivity index is 1.62.